The molecule has 1 aromatic heterocycles. The molecular formula is C22H27N5O2. The smallest absolute Gasteiger partial charge is 0.353 e. The van der Waals surface area contributed by atoms with Gasteiger partial charge >= 0.3 is 5.69 Å². The number of nitrogens with zero attached hydrogens (tertiary/aromatic N) is 3. The number of nitro groups is 1. The van der Waals surface area contributed by atoms with Crippen molar-refractivity contribution < 1.29 is 4.92 Å². The summed E-state index contributed by atoms with van der Waals surface area (Å²) in [7, 11) is 0. The normalized spacial score (nSPS) is 29.7. The fraction of sp³-hybridized carbons (Fsp3) is 0.545. The number of aryl methyl sites for hydroxylation is 2. The van der Waals surface area contributed by atoms with E-state index >= 15 is 0 Å². The molecule has 4 aliphatic carbocycles. The second kappa shape index (κ2) is 6.68. The van der Waals surface area contributed by atoms with E-state index in [1.165, 1.54) is 25.6 Å². The van der Waals surface area contributed by atoms with Gasteiger partial charge in [0.1, 0.15) is 6.33 Å². The van der Waals surface area contributed by atoms with E-state index in [0.717, 1.165) is 53.8 Å². The number of hydrogen-bond donors (Lipinski definition) is 2. The second-order valence-electron chi connectivity index (χ2n) is 9.44. The van der Waals surface area contributed by atoms with Crippen LogP contribution in [0.1, 0.15) is 49.7 Å². The molecule has 4 bridgehead atoms. The van der Waals surface area contributed by atoms with Gasteiger partial charge in [-0.05, 0) is 87.3 Å². The molecule has 152 valence electrons. The van der Waals surface area contributed by atoms with Crippen LogP contribution < -0.4 is 10.6 Å². The largest absolute Gasteiger partial charge is 0.359 e. The van der Waals surface area contributed by atoms with E-state index in [0.29, 0.717) is 5.82 Å². The molecule has 0 unspecified atom stereocenters. The molecule has 7 heteroatoms. The van der Waals surface area contributed by atoms with Crippen LogP contribution in [0.2, 0.25) is 0 Å². The summed E-state index contributed by atoms with van der Waals surface area (Å²) in [5.41, 5.74) is 2.81. The molecule has 0 aliphatic heterocycles. The van der Waals surface area contributed by atoms with Crippen LogP contribution in [-0.4, -0.2) is 20.4 Å². The molecule has 4 fully saturated rings. The third-order valence-electron chi connectivity index (χ3n) is 7.07. The molecule has 4 aliphatic rings. The highest BCUT2D eigenvalue weighted by molar-refractivity contribution is 5.75. The summed E-state index contributed by atoms with van der Waals surface area (Å²) in [5, 5.41) is 18.8. The highest BCUT2D eigenvalue weighted by Gasteiger charge is 2.51. The van der Waals surface area contributed by atoms with E-state index < -0.39 is 0 Å². The molecule has 0 saturated heterocycles. The van der Waals surface area contributed by atoms with Gasteiger partial charge in [-0.3, -0.25) is 10.1 Å². The fourth-order valence-electron chi connectivity index (χ4n) is 6.25. The van der Waals surface area contributed by atoms with Crippen molar-refractivity contribution in [3.05, 3.63) is 45.8 Å². The summed E-state index contributed by atoms with van der Waals surface area (Å²) in [6.45, 7) is 3.97. The van der Waals surface area contributed by atoms with Gasteiger partial charge in [0.15, 0.2) is 0 Å². The standard InChI is InChI=1S/C22H27N5O2/c1-13-3-4-14(2)18(5-13)25-20-19(27(28)29)21(24-12-23-20)26-22-9-15-6-16(10-22)8-17(7-15)11-22/h3-5,12,15-17H,6-11H2,1-2H3,(H2,23,24,25,26). The molecule has 0 amide bonds. The Balaban J connectivity index is 1.49. The fourth-order valence-corrected chi connectivity index (χ4v) is 6.25. The van der Waals surface area contributed by atoms with Gasteiger partial charge in [-0.15, -0.1) is 0 Å². The average molecular weight is 393 g/mol. The van der Waals surface area contributed by atoms with Crippen molar-refractivity contribution in [2.75, 3.05) is 10.6 Å². The summed E-state index contributed by atoms with van der Waals surface area (Å²) in [6, 6.07) is 6.00. The SMILES string of the molecule is Cc1ccc(C)c(Nc2ncnc(NC34CC5CC(CC(C5)C3)C4)c2[N+](=O)[O-])c1. The van der Waals surface area contributed by atoms with E-state index in [-0.39, 0.29) is 22.0 Å². The minimum Gasteiger partial charge on any atom is -0.359 e. The minimum atomic E-state index is -0.365. The lowest BCUT2D eigenvalue weighted by Gasteiger charge is -2.57. The highest BCUT2D eigenvalue weighted by atomic mass is 16.6. The lowest BCUT2D eigenvalue weighted by Crippen LogP contribution is -2.55. The number of benzene rings is 1. The number of aromatic nitrogens is 2. The molecule has 29 heavy (non-hydrogen) atoms. The number of anilines is 3. The van der Waals surface area contributed by atoms with Crippen molar-refractivity contribution in [2.45, 2.75) is 57.9 Å². The Morgan fingerprint density at radius 1 is 1.03 bits per heavy atom. The van der Waals surface area contributed by atoms with Crippen LogP contribution in [0.4, 0.5) is 23.0 Å². The molecule has 2 N–H and O–H groups in total. The maximum Gasteiger partial charge on any atom is 0.353 e. The van der Waals surface area contributed by atoms with Crippen LogP contribution in [0.3, 0.4) is 0 Å². The number of hydrogen-bond acceptors (Lipinski definition) is 6. The van der Waals surface area contributed by atoms with Gasteiger partial charge in [-0.2, -0.15) is 0 Å². The van der Waals surface area contributed by atoms with E-state index in [4.69, 9.17) is 0 Å². The topological polar surface area (TPSA) is 93.0 Å². The first-order chi connectivity index (χ1) is 13.9. The first kappa shape index (κ1) is 18.3. The Hall–Kier alpha value is -2.70. The van der Waals surface area contributed by atoms with Crippen molar-refractivity contribution in [2.24, 2.45) is 17.8 Å². The van der Waals surface area contributed by atoms with Crippen LogP contribution >= 0.6 is 0 Å². The van der Waals surface area contributed by atoms with E-state index in [2.05, 4.69) is 20.6 Å². The second-order valence-corrected chi connectivity index (χ2v) is 9.44. The van der Waals surface area contributed by atoms with Crippen LogP contribution in [0.15, 0.2) is 24.5 Å². The zero-order valence-electron chi connectivity index (χ0n) is 16.9. The maximum absolute atomic E-state index is 12.0. The lowest BCUT2D eigenvalue weighted by atomic mass is 9.53. The third-order valence-corrected chi connectivity index (χ3v) is 7.07. The average Bonchev–Trinajstić information content (AvgIpc) is 2.63. The van der Waals surface area contributed by atoms with Crippen molar-refractivity contribution >= 4 is 23.0 Å². The van der Waals surface area contributed by atoms with Gasteiger partial charge in [-0.1, -0.05) is 12.1 Å². The summed E-state index contributed by atoms with van der Waals surface area (Å²) < 4.78 is 0. The summed E-state index contributed by atoms with van der Waals surface area (Å²) in [4.78, 5) is 20.2. The van der Waals surface area contributed by atoms with Crippen molar-refractivity contribution in [3.63, 3.8) is 0 Å². The summed E-state index contributed by atoms with van der Waals surface area (Å²) >= 11 is 0. The van der Waals surface area contributed by atoms with E-state index in [1.807, 2.05) is 32.0 Å². The molecule has 0 radical (unpaired) electrons. The van der Waals surface area contributed by atoms with Gasteiger partial charge in [0.25, 0.3) is 0 Å². The predicted octanol–water partition coefficient (Wildman–Crippen LogP) is 5.13. The van der Waals surface area contributed by atoms with Gasteiger partial charge in [0.2, 0.25) is 11.6 Å². The van der Waals surface area contributed by atoms with Crippen molar-refractivity contribution in [1.82, 2.24) is 9.97 Å². The Morgan fingerprint density at radius 2 is 1.66 bits per heavy atom. The van der Waals surface area contributed by atoms with Crippen molar-refractivity contribution in [1.29, 1.82) is 0 Å². The third kappa shape index (κ3) is 3.32. The van der Waals surface area contributed by atoms with Gasteiger partial charge in [-0.25, -0.2) is 9.97 Å². The summed E-state index contributed by atoms with van der Waals surface area (Å²) in [5.74, 6) is 2.84. The molecule has 1 aromatic carbocycles. The van der Waals surface area contributed by atoms with Crippen molar-refractivity contribution in [3.8, 4) is 0 Å². The number of rotatable bonds is 5. The maximum atomic E-state index is 12.0. The van der Waals surface area contributed by atoms with Crippen LogP contribution in [0, 0.1) is 41.7 Å². The first-order valence-electron chi connectivity index (χ1n) is 10.5. The molecule has 4 saturated carbocycles. The molecule has 7 nitrogen and oxygen atoms in total. The lowest BCUT2D eigenvalue weighted by molar-refractivity contribution is -0.383. The summed E-state index contributed by atoms with van der Waals surface area (Å²) in [6.07, 6.45) is 8.69. The first-order valence-corrected chi connectivity index (χ1v) is 10.5. The Morgan fingerprint density at radius 3 is 2.28 bits per heavy atom. The zero-order chi connectivity index (χ0) is 20.2. The highest BCUT2D eigenvalue weighted by Crippen LogP contribution is 2.57. The minimum absolute atomic E-state index is 0.0512. The Bertz CT molecular complexity index is 938. The molecule has 0 atom stereocenters. The monoisotopic (exact) mass is 393 g/mol. The number of nitrogens with one attached hydrogen (secondary N) is 2. The quantitative estimate of drug-likeness (QED) is 0.540. The molecule has 6 rings (SSSR count). The zero-order valence-corrected chi connectivity index (χ0v) is 16.9. The molecule has 2 aromatic rings. The molecular weight excluding hydrogens is 366 g/mol. The Kier molecular flexibility index (Phi) is 4.22. The molecule has 0 spiro atoms. The Labute approximate surface area is 170 Å². The van der Waals surface area contributed by atoms with Crippen LogP contribution in [0.25, 0.3) is 0 Å². The van der Waals surface area contributed by atoms with Crippen LogP contribution in [-0.2, 0) is 0 Å². The van der Waals surface area contributed by atoms with E-state index in [9.17, 15) is 10.1 Å². The van der Waals surface area contributed by atoms with Gasteiger partial charge < -0.3 is 10.6 Å². The predicted molar refractivity (Wildman–Crippen MR) is 112 cm³/mol. The van der Waals surface area contributed by atoms with Gasteiger partial charge in [0.05, 0.1) is 4.92 Å². The van der Waals surface area contributed by atoms with E-state index in [1.54, 1.807) is 0 Å². The van der Waals surface area contributed by atoms with Crippen LogP contribution in [0.5, 0.6) is 0 Å². The van der Waals surface area contributed by atoms with Gasteiger partial charge in [0, 0.05) is 11.2 Å². The molecule has 1 heterocycles.